The van der Waals surface area contributed by atoms with E-state index in [1.54, 1.807) is 0 Å². The second-order valence-corrected chi connectivity index (χ2v) is 9.19. The van der Waals surface area contributed by atoms with Crippen LogP contribution < -0.4 is 10.2 Å². The van der Waals surface area contributed by atoms with Gasteiger partial charge in [-0.15, -0.1) is 15.3 Å². The minimum Gasteiger partial charge on any atom is -0.354 e. The van der Waals surface area contributed by atoms with E-state index in [4.69, 9.17) is 5.10 Å². The number of aromatic nitrogens is 6. The molecule has 0 spiro atoms. The summed E-state index contributed by atoms with van der Waals surface area (Å²) in [6, 6.07) is 9.65. The molecule has 1 saturated heterocycles. The lowest BCUT2D eigenvalue weighted by Gasteiger charge is -2.40. The molecule has 1 fully saturated rings. The molecule has 0 unspecified atom stereocenters. The number of nitrogens with one attached hydrogen (secondary N) is 1. The number of aryl methyl sites for hydroxylation is 1. The van der Waals surface area contributed by atoms with Crippen LogP contribution in [0, 0.1) is 12.8 Å². The summed E-state index contributed by atoms with van der Waals surface area (Å²) in [5.41, 5.74) is 2.73. The number of pyridine rings is 1. The zero-order valence-corrected chi connectivity index (χ0v) is 18.2. The number of hydrogen-bond donors (Lipinski definition) is 1. The number of rotatable bonds is 4. The van der Waals surface area contributed by atoms with Crippen molar-refractivity contribution in [2.45, 2.75) is 33.1 Å². The summed E-state index contributed by atoms with van der Waals surface area (Å²) in [4.78, 5) is 19.4. The zero-order valence-electron chi connectivity index (χ0n) is 18.2. The first kappa shape index (κ1) is 19.5. The fourth-order valence-electron chi connectivity index (χ4n) is 4.01. The third kappa shape index (κ3) is 3.39. The van der Waals surface area contributed by atoms with Crippen molar-refractivity contribution in [3.05, 3.63) is 53.7 Å². The highest BCUT2D eigenvalue weighted by atomic mass is 16.2. The Bertz CT molecular complexity index is 1280. The fourth-order valence-corrected chi connectivity index (χ4v) is 4.01. The molecule has 0 aliphatic carbocycles. The Kier molecular flexibility index (Phi) is 4.42. The minimum atomic E-state index is -0.136. The van der Waals surface area contributed by atoms with Crippen LogP contribution in [0.25, 0.3) is 11.3 Å². The Morgan fingerprint density at radius 3 is 2.71 bits per heavy atom. The monoisotopic (exact) mass is 418 g/mol. The van der Waals surface area contributed by atoms with E-state index in [0.29, 0.717) is 18.2 Å². The molecule has 31 heavy (non-hydrogen) atoms. The normalized spacial score (nSPS) is 14.9. The molecular weight excluding hydrogens is 392 g/mol. The topological polar surface area (TPSA) is 92.7 Å². The second kappa shape index (κ2) is 7.04. The smallest absolute Gasteiger partial charge is 0.270 e. The molecule has 5 heterocycles. The summed E-state index contributed by atoms with van der Waals surface area (Å²) >= 11 is 0. The zero-order chi connectivity index (χ0) is 21.8. The van der Waals surface area contributed by atoms with Gasteiger partial charge in [0.25, 0.3) is 5.91 Å². The molecule has 9 nitrogen and oxygen atoms in total. The SMILES string of the molecule is Cc1nc2ccccn2c1C(=O)NCC1CN(c2ccc3nnc(C(C)(C)C)n3n2)C1. The first-order valence-corrected chi connectivity index (χ1v) is 10.5. The van der Waals surface area contributed by atoms with E-state index in [-0.39, 0.29) is 11.3 Å². The van der Waals surface area contributed by atoms with E-state index < -0.39 is 0 Å². The highest BCUT2D eigenvalue weighted by Crippen LogP contribution is 2.25. The lowest BCUT2D eigenvalue weighted by Crippen LogP contribution is -2.52. The summed E-state index contributed by atoms with van der Waals surface area (Å²) in [6.45, 7) is 10.5. The number of nitrogens with zero attached hydrogens (tertiary/aromatic N) is 7. The van der Waals surface area contributed by atoms with E-state index in [2.05, 4.69) is 46.2 Å². The predicted molar refractivity (Wildman–Crippen MR) is 117 cm³/mol. The van der Waals surface area contributed by atoms with E-state index in [0.717, 1.165) is 41.7 Å². The number of fused-ring (bicyclic) bond motifs is 2. The average Bonchev–Trinajstić information content (AvgIpc) is 3.26. The Morgan fingerprint density at radius 1 is 1.13 bits per heavy atom. The first-order chi connectivity index (χ1) is 14.8. The van der Waals surface area contributed by atoms with Crippen molar-refractivity contribution >= 4 is 23.0 Å². The number of amides is 1. The average molecular weight is 419 g/mol. The molecule has 1 aliphatic rings. The molecule has 0 bridgehead atoms. The Morgan fingerprint density at radius 2 is 1.94 bits per heavy atom. The van der Waals surface area contributed by atoms with Gasteiger partial charge in [0.15, 0.2) is 11.5 Å². The number of imidazole rings is 1. The van der Waals surface area contributed by atoms with Crippen LogP contribution in [0.4, 0.5) is 5.82 Å². The van der Waals surface area contributed by atoms with Gasteiger partial charge in [-0.1, -0.05) is 26.8 Å². The quantitative estimate of drug-likeness (QED) is 0.546. The van der Waals surface area contributed by atoms with E-state index in [1.165, 1.54) is 0 Å². The van der Waals surface area contributed by atoms with Gasteiger partial charge in [0.1, 0.15) is 17.2 Å². The molecule has 0 atom stereocenters. The lowest BCUT2D eigenvalue weighted by atomic mass is 9.96. The second-order valence-electron chi connectivity index (χ2n) is 9.19. The molecule has 1 aliphatic heterocycles. The van der Waals surface area contributed by atoms with Gasteiger partial charge in [0.2, 0.25) is 0 Å². The highest BCUT2D eigenvalue weighted by molar-refractivity contribution is 5.94. The van der Waals surface area contributed by atoms with Gasteiger partial charge in [-0.05, 0) is 31.2 Å². The van der Waals surface area contributed by atoms with Crippen LogP contribution in [-0.2, 0) is 5.41 Å². The Balaban J connectivity index is 1.23. The van der Waals surface area contributed by atoms with Crippen molar-refractivity contribution in [2.24, 2.45) is 5.92 Å². The van der Waals surface area contributed by atoms with Crippen molar-refractivity contribution < 1.29 is 4.79 Å². The number of anilines is 1. The third-order valence-corrected chi connectivity index (χ3v) is 5.67. The van der Waals surface area contributed by atoms with Crippen molar-refractivity contribution in [3.63, 3.8) is 0 Å². The molecule has 9 heteroatoms. The maximum absolute atomic E-state index is 12.8. The van der Waals surface area contributed by atoms with Gasteiger partial charge in [0.05, 0.1) is 5.69 Å². The van der Waals surface area contributed by atoms with Crippen LogP contribution in [0.15, 0.2) is 36.5 Å². The number of carbonyl (C=O) groups is 1. The summed E-state index contributed by atoms with van der Waals surface area (Å²) in [7, 11) is 0. The molecular formula is C22H26N8O. The summed E-state index contributed by atoms with van der Waals surface area (Å²) < 4.78 is 3.67. The van der Waals surface area contributed by atoms with Crippen LogP contribution in [0.1, 0.15) is 42.8 Å². The highest BCUT2D eigenvalue weighted by Gasteiger charge is 2.30. The van der Waals surface area contributed by atoms with Gasteiger partial charge in [-0.25, -0.2) is 4.98 Å². The predicted octanol–water partition coefficient (Wildman–Crippen LogP) is 2.24. The van der Waals surface area contributed by atoms with Crippen molar-refractivity contribution in [1.82, 2.24) is 34.5 Å². The Labute approximate surface area is 180 Å². The molecule has 4 aromatic heterocycles. The molecule has 0 saturated carbocycles. The van der Waals surface area contributed by atoms with E-state index in [9.17, 15) is 4.79 Å². The van der Waals surface area contributed by atoms with E-state index >= 15 is 0 Å². The summed E-state index contributed by atoms with van der Waals surface area (Å²) in [6.07, 6.45) is 1.87. The molecule has 5 rings (SSSR count). The van der Waals surface area contributed by atoms with Crippen molar-refractivity contribution in [1.29, 1.82) is 0 Å². The lowest BCUT2D eigenvalue weighted by molar-refractivity contribution is 0.0938. The standard InChI is InChI=1S/C22H26N8O/c1-14-19(29-10-6-5-7-16(29)24-14)20(31)23-11-15-12-28(13-15)18-9-8-17-25-26-21(22(2,3)4)30(17)27-18/h5-10,15H,11-13H2,1-4H3,(H,23,31). The van der Waals surface area contributed by atoms with Crippen LogP contribution >= 0.6 is 0 Å². The van der Waals surface area contributed by atoms with E-state index in [1.807, 2.05) is 52.4 Å². The maximum Gasteiger partial charge on any atom is 0.270 e. The van der Waals surface area contributed by atoms with Gasteiger partial charge >= 0.3 is 0 Å². The summed E-state index contributed by atoms with van der Waals surface area (Å²) in [5.74, 6) is 2.03. The minimum absolute atomic E-state index is 0.0893. The van der Waals surface area contributed by atoms with Crippen LogP contribution in [0.2, 0.25) is 0 Å². The molecule has 160 valence electrons. The van der Waals surface area contributed by atoms with Crippen molar-refractivity contribution in [3.8, 4) is 0 Å². The molecule has 0 aromatic carbocycles. The molecule has 1 amide bonds. The number of hydrogen-bond acceptors (Lipinski definition) is 6. The molecule has 1 N–H and O–H groups in total. The fraction of sp³-hybridized carbons (Fsp3) is 0.409. The van der Waals surface area contributed by atoms with Gasteiger partial charge in [-0.2, -0.15) is 4.52 Å². The van der Waals surface area contributed by atoms with Crippen LogP contribution in [-0.4, -0.2) is 54.7 Å². The number of carbonyl (C=O) groups excluding carboxylic acids is 1. The summed E-state index contributed by atoms with van der Waals surface area (Å²) in [5, 5.41) is 16.4. The van der Waals surface area contributed by atoms with Gasteiger partial charge in [-0.3, -0.25) is 9.20 Å². The van der Waals surface area contributed by atoms with Gasteiger partial charge < -0.3 is 10.2 Å². The molecule has 4 aromatic rings. The molecule has 0 radical (unpaired) electrons. The first-order valence-electron chi connectivity index (χ1n) is 10.5. The van der Waals surface area contributed by atoms with Crippen molar-refractivity contribution in [2.75, 3.05) is 24.5 Å². The third-order valence-electron chi connectivity index (χ3n) is 5.67. The van der Waals surface area contributed by atoms with Gasteiger partial charge in [0, 0.05) is 37.2 Å². The maximum atomic E-state index is 12.8. The largest absolute Gasteiger partial charge is 0.354 e. The van der Waals surface area contributed by atoms with Crippen LogP contribution in [0.5, 0.6) is 0 Å². The Hall–Kier alpha value is -3.49. The van der Waals surface area contributed by atoms with Crippen LogP contribution in [0.3, 0.4) is 0 Å².